The van der Waals surface area contributed by atoms with E-state index >= 15 is 0 Å². The second-order valence-electron chi connectivity index (χ2n) is 4.04. The summed E-state index contributed by atoms with van der Waals surface area (Å²) < 4.78 is 7.72. The van der Waals surface area contributed by atoms with Crippen molar-refractivity contribution in [2.45, 2.75) is 4.90 Å². The number of benzene rings is 1. The van der Waals surface area contributed by atoms with E-state index in [-0.39, 0.29) is 5.69 Å². The lowest BCUT2D eigenvalue weighted by Crippen LogP contribution is -1.99. The number of carbonyl (C=O) groups is 1. The molecule has 0 fully saturated rings. The van der Waals surface area contributed by atoms with E-state index in [0.717, 1.165) is 26.4 Å². The molecule has 2 aromatic rings. The summed E-state index contributed by atoms with van der Waals surface area (Å²) in [5, 5.41) is 13.0. The van der Waals surface area contributed by atoms with Gasteiger partial charge in [-0.25, -0.2) is 4.79 Å². The van der Waals surface area contributed by atoms with E-state index in [0.29, 0.717) is 0 Å². The van der Waals surface area contributed by atoms with E-state index in [1.54, 1.807) is 36.7 Å². The summed E-state index contributed by atoms with van der Waals surface area (Å²) in [7, 11) is 3.34. The van der Waals surface area contributed by atoms with Gasteiger partial charge in [0.2, 0.25) is 0 Å². The fourth-order valence-corrected chi connectivity index (χ4v) is 3.28. The molecular formula is C13H13BrN2O3S. The molecule has 0 saturated heterocycles. The highest BCUT2D eigenvalue weighted by molar-refractivity contribution is 9.10. The highest BCUT2D eigenvalue weighted by Crippen LogP contribution is 2.39. The normalized spacial score (nSPS) is 10.6. The van der Waals surface area contributed by atoms with Crippen molar-refractivity contribution in [2.24, 2.45) is 7.05 Å². The Bertz CT molecular complexity index is 670. The van der Waals surface area contributed by atoms with Crippen LogP contribution in [-0.4, -0.2) is 34.2 Å². The Kier molecular flexibility index (Phi) is 4.39. The first-order valence-corrected chi connectivity index (χ1v) is 7.69. The fourth-order valence-electron chi connectivity index (χ4n) is 1.91. The van der Waals surface area contributed by atoms with Gasteiger partial charge in [0, 0.05) is 12.6 Å². The van der Waals surface area contributed by atoms with E-state index in [4.69, 9.17) is 9.84 Å². The quantitative estimate of drug-likeness (QED) is 0.851. The van der Waals surface area contributed by atoms with Gasteiger partial charge in [0.15, 0.2) is 5.69 Å². The summed E-state index contributed by atoms with van der Waals surface area (Å²) in [5.41, 5.74) is 1.64. The molecule has 0 aliphatic rings. The van der Waals surface area contributed by atoms with Crippen LogP contribution in [0.4, 0.5) is 0 Å². The number of aromatic nitrogens is 2. The molecule has 5 nitrogen and oxygen atoms in total. The van der Waals surface area contributed by atoms with Crippen LogP contribution in [0.15, 0.2) is 27.6 Å². The number of hydrogen-bond acceptors (Lipinski definition) is 4. The Morgan fingerprint density at radius 1 is 1.45 bits per heavy atom. The molecule has 0 atom stereocenters. The van der Waals surface area contributed by atoms with E-state index in [1.807, 2.05) is 18.4 Å². The number of halogens is 1. The van der Waals surface area contributed by atoms with E-state index in [2.05, 4.69) is 21.0 Å². The number of nitrogens with zero attached hydrogens (tertiary/aromatic N) is 2. The van der Waals surface area contributed by atoms with Gasteiger partial charge in [-0.15, -0.1) is 11.8 Å². The summed E-state index contributed by atoms with van der Waals surface area (Å²) in [4.78, 5) is 11.9. The lowest BCUT2D eigenvalue weighted by atomic mass is 10.1. The number of hydrogen-bond donors (Lipinski definition) is 1. The van der Waals surface area contributed by atoms with Crippen molar-refractivity contribution >= 4 is 33.7 Å². The molecule has 0 aliphatic carbocycles. The third-order valence-electron chi connectivity index (χ3n) is 2.83. The first kappa shape index (κ1) is 14.9. The molecule has 1 heterocycles. The molecule has 0 unspecified atom stereocenters. The summed E-state index contributed by atoms with van der Waals surface area (Å²) in [6.45, 7) is 0. The van der Waals surface area contributed by atoms with Gasteiger partial charge in [-0.3, -0.25) is 4.68 Å². The van der Waals surface area contributed by atoms with Crippen LogP contribution in [0.3, 0.4) is 0 Å². The summed E-state index contributed by atoms with van der Waals surface area (Å²) in [6.07, 6.45) is 1.96. The number of carboxylic acid groups (broad SMARTS) is 1. The summed E-state index contributed by atoms with van der Waals surface area (Å²) >= 11 is 5.03. The van der Waals surface area contributed by atoms with Crippen LogP contribution in [-0.2, 0) is 7.05 Å². The zero-order chi connectivity index (χ0) is 14.9. The van der Waals surface area contributed by atoms with Gasteiger partial charge in [0.1, 0.15) is 5.75 Å². The standard InChI is InChI=1S/C13H13BrN2O3S/c1-16-10(6-9(15-16)13(17)18)7-4-8(14)12(19-2)11(5-7)20-3/h4-6H,1-3H3,(H,17,18). The van der Waals surface area contributed by atoms with Gasteiger partial charge in [-0.05, 0) is 40.4 Å². The average Bonchev–Trinajstić information content (AvgIpc) is 2.80. The largest absolute Gasteiger partial charge is 0.494 e. The number of ether oxygens (including phenoxy) is 1. The van der Waals surface area contributed by atoms with E-state index in [1.165, 1.54) is 0 Å². The summed E-state index contributed by atoms with van der Waals surface area (Å²) in [6, 6.07) is 5.40. The van der Waals surface area contributed by atoms with Crippen LogP contribution in [0.25, 0.3) is 11.3 Å². The SMILES string of the molecule is COc1c(Br)cc(-c2cc(C(=O)O)nn2C)cc1SC. The third kappa shape index (κ3) is 2.69. The Morgan fingerprint density at radius 2 is 2.15 bits per heavy atom. The van der Waals surface area contributed by atoms with Crippen LogP contribution in [0, 0.1) is 0 Å². The maximum absolute atomic E-state index is 11.0. The van der Waals surface area contributed by atoms with Crippen LogP contribution < -0.4 is 4.74 Å². The number of rotatable bonds is 4. The maximum Gasteiger partial charge on any atom is 0.356 e. The number of aromatic carboxylic acids is 1. The minimum atomic E-state index is -1.04. The lowest BCUT2D eigenvalue weighted by molar-refractivity contribution is 0.0689. The molecule has 0 saturated carbocycles. The maximum atomic E-state index is 11.0. The predicted octanol–water partition coefficient (Wildman–Crippen LogP) is 3.28. The first-order valence-electron chi connectivity index (χ1n) is 5.67. The zero-order valence-electron chi connectivity index (χ0n) is 11.2. The summed E-state index contributed by atoms with van der Waals surface area (Å²) in [5.74, 6) is -0.272. The second kappa shape index (κ2) is 5.88. The topological polar surface area (TPSA) is 64.3 Å². The first-order chi connectivity index (χ1) is 9.47. The van der Waals surface area contributed by atoms with Crippen molar-refractivity contribution in [2.75, 3.05) is 13.4 Å². The van der Waals surface area contributed by atoms with Crippen molar-refractivity contribution in [3.63, 3.8) is 0 Å². The van der Waals surface area contributed by atoms with Crippen LogP contribution in [0.2, 0.25) is 0 Å². The lowest BCUT2D eigenvalue weighted by Gasteiger charge is -2.11. The molecule has 1 aromatic carbocycles. The minimum Gasteiger partial charge on any atom is -0.494 e. The van der Waals surface area contributed by atoms with Crippen molar-refractivity contribution in [1.82, 2.24) is 9.78 Å². The average molecular weight is 357 g/mol. The van der Waals surface area contributed by atoms with Crippen molar-refractivity contribution in [3.8, 4) is 17.0 Å². The highest BCUT2D eigenvalue weighted by Gasteiger charge is 2.16. The molecule has 0 amide bonds. The molecule has 0 aliphatic heterocycles. The number of thioether (sulfide) groups is 1. The molecule has 0 bridgehead atoms. The third-order valence-corrected chi connectivity index (χ3v) is 4.16. The molecule has 20 heavy (non-hydrogen) atoms. The number of aryl methyl sites for hydroxylation is 1. The molecule has 7 heteroatoms. The molecule has 0 spiro atoms. The molecule has 2 rings (SSSR count). The predicted molar refractivity (Wildman–Crippen MR) is 81.6 cm³/mol. The van der Waals surface area contributed by atoms with E-state index in [9.17, 15) is 4.79 Å². The molecule has 1 N–H and O–H groups in total. The Hall–Kier alpha value is -1.47. The van der Waals surface area contributed by atoms with Gasteiger partial charge in [-0.1, -0.05) is 0 Å². The zero-order valence-corrected chi connectivity index (χ0v) is 13.6. The van der Waals surface area contributed by atoms with Gasteiger partial charge in [0.25, 0.3) is 0 Å². The van der Waals surface area contributed by atoms with Gasteiger partial charge in [0.05, 0.1) is 22.2 Å². The second-order valence-corrected chi connectivity index (χ2v) is 5.74. The van der Waals surface area contributed by atoms with Crippen LogP contribution in [0.1, 0.15) is 10.5 Å². The molecule has 1 aromatic heterocycles. The fraction of sp³-hybridized carbons (Fsp3) is 0.231. The van der Waals surface area contributed by atoms with Crippen molar-refractivity contribution < 1.29 is 14.6 Å². The van der Waals surface area contributed by atoms with Gasteiger partial charge in [-0.2, -0.15) is 5.10 Å². The number of methoxy groups -OCH3 is 1. The van der Waals surface area contributed by atoms with Gasteiger partial charge >= 0.3 is 5.97 Å². The van der Waals surface area contributed by atoms with Crippen LogP contribution >= 0.6 is 27.7 Å². The monoisotopic (exact) mass is 356 g/mol. The van der Waals surface area contributed by atoms with Crippen LogP contribution in [0.5, 0.6) is 5.75 Å². The molecule has 0 radical (unpaired) electrons. The molecule has 106 valence electrons. The molecular weight excluding hydrogens is 344 g/mol. The smallest absolute Gasteiger partial charge is 0.356 e. The van der Waals surface area contributed by atoms with E-state index < -0.39 is 5.97 Å². The van der Waals surface area contributed by atoms with Crippen molar-refractivity contribution in [1.29, 1.82) is 0 Å². The Morgan fingerprint density at radius 3 is 2.65 bits per heavy atom. The Balaban J connectivity index is 2.58. The number of carboxylic acids is 1. The minimum absolute atomic E-state index is 0.0279. The Labute approximate surface area is 129 Å². The van der Waals surface area contributed by atoms with Crippen molar-refractivity contribution in [3.05, 3.63) is 28.4 Å². The van der Waals surface area contributed by atoms with Gasteiger partial charge < -0.3 is 9.84 Å². The highest BCUT2D eigenvalue weighted by atomic mass is 79.9.